The normalized spacial score (nSPS) is 30.6. The lowest BCUT2D eigenvalue weighted by Gasteiger charge is -2.42. The lowest BCUT2D eigenvalue weighted by atomic mass is 9.95. The second-order valence-electron chi connectivity index (χ2n) is 5.57. The van der Waals surface area contributed by atoms with Crippen molar-refractivity contribution in [1.82, 2.24) is 10.2 Å². The maximum Gasteiger partial charge on any atom is 0.245 e. The molecule has 0 bridgehead atoms. The SMILES string of the molecule is CC1(C)C(=O)NCCN1C(=O)C1CCC(N)C1.Cl. The zero-order chi connectivity index (χ0) is 12.6. The van der Waals surface area contributed by atoms with Crippen LogP contribution < -0.4 is 11.1 Å². The minimum Gasteiger partial charge on any atom is -0.352 e. The van der Waals surface area contributed by atoms with E-state index in [-0.39, 0.29) is 36.2 Å². The molecule has 1 saturated heterocycles. The number of carbonyl (C=O) groups excluding carboxylic acids is 2. The fourth-order valence-corrected chi connectivity index (χ4v) is 2.75. The fraction of sp³-hybridized carbons (Fsp3) is 0.833. The van der Waals surface area contributed by atoms with Crippen molar-refractivity contribution in [2.24, 2.45) is 11.7 Å². The Morgan fingerprint density at radius 2 is 2.11 bits per heavy atom. The van der Waals surface area contributed by atoms with Crippen LogP contribution in [0.15, 0.2) is 0 Å². The third-order valence-corrected chi connectivity index (χ3v) is 3.94. The van der Waals surface area contributed by atoms with Gasteiger partial charge in [-0.1, -0.05) is 0 Å². The second-order valence-corrected chi connectivity index (χ2v) is 5.57. The summed E-state index contributed by atoms with van der Waals surface area (Å²) in [4.78, 5) is 25.9. The van der Waals surface area contributed by atoms with E-state index in [0.717, 1.165) is 19.3 Å². The van der Waals surface area contributed by atoms with Crippen LogP contribution in [0.5, 0.6) is 0 Å². The Balaban J connectivity index is 0.00000162. The molecule has 2 rings (SSSR count). The predicted octanol–water partition coefficient (Wildman–Crippen LogP) is 0.273. The van der Waals surface area contributed by atoms with Gasteiger partial charge in [-0.25, -0.2) is 0 Å². The Morgan fingerprint density at radius 3 is 2.67 bits per heavy atom. The largest absolute Gasteiger partial charge is 0.352 e. The van der Waals surface area contributed by atoms with Crippen molar-refractivity contribution in [1.29, 1.82) is 0 Å². The highest BCUT2D eigenvalue weighted by Gasteiger charge is 2.43. The Kier molecular flexibility index (Phi) is 4.61. The molecule has 0 aromatic rings. The topological polar surface area (TPSA) is 75.4 Å². The van der Waals surface area contributed by atoms with E-state index >= 15 is 0 Å². The quantitative estimate of drug-likeness (QED) is 0.721. The molecule has 3 N–H and O–H groups in total. The number of nitrogens with one attached hydrogen (secondary N) is 1. The van der Waals surface area contributed by atoms with Crippen LogP contribution >= 0.6 is 12.4 Å². The molecule has 1 aliphatic carbocycles. The molecule has 2 aliphatic rings. The molecule has 104 valence electrons. The zero-order valence-electron chi connectivity index (χ0n) is 10.9. The van der Waals surface area contributed by atoms with Crippen molar-refractivity contribution < 1.29 is 9.59 Å². The van der Waals surface area contributed by atoms with Crippen molar-refractivity contribution in [2.75, 3.05) is 13.1 Å². The van der Waals surface area contributed by atoms with Crippen molar-refractivity contribution >= 4 is 24.2 Å². The zero-order valence-corrected chi connectivity index (χ0v) is 11.8. The standard InChI is InChI=1S/C12H21N3O2.ClH/c1-12(2)11(17)14-5-6-15(12)10(16)8-3-4-9(13)7-8;/h8-9H,3-7,13H2,1-2H3,(H,14,17);1H. The lowest BCUT2D eigenvalue weighted by molar-refractivity contribution is -0.151. The second kappa shape index (κ2) is 5.45. The number of carbonyl (C=O) groups is 2. The summed E-state index contributed by atoms with van der Waals surface area (Å²) in [6, 6.07) is 0.144. The number of hydrogen-bond acceptors (Lipinski definition) is 3. The molecule has 2 fully saturated rings. The molecule has 0 radical (unpaired) electrons. The van der Waals surface area contributed by atoms with E-state index in [4.69, 9.17) is 5.73 Å². The third kappa shape index (κ3) is 2.62. The maximum absolute atomic E-state index is 12.4. The molecule has 2 atom stereocenters. The van der Waals surface area contributed by atoms with Gasteiger partial charge in [0, 0.05) is 25.0 Å². The summed E-state index contributed by atoms with van der Waals surface area (Å²) in [6.07, 6.45) is 2.53. The first-order valence-corrected chi connectivity index (χ1v) is 6.28. The molecule has 0 spiro atoms. The van der Waals surface area contributed by atoms with E-state index in [1.165, 1.54) is 0 Å². The summed E-state index contributed by atoms with van der Waals surface area (Å²) in [6.45, 7) is 4.75. The minimum atomic E-state index is -0.734. The maximum atomic E-state index is 12.4. The molecule has 1 heterocycles. The summed E-state index contributed by atoms with van der Waals surface area (Å²) in [5.41, 5.74) is 5.10. The highest BCUT2D eigenvalue weighted by Crippen LogP contribution is 2.29. The van der Waals surface area contributed by atoms with Crippen molar-refractivity contribution in [3.05, 3.63) is 0 Å². The molecular formula is C12H22ClN3O2. The first-order valence-electron chi connectivity index (χ1n) is 6.28. The summed E-state index contributed by atoms with van der Waals surface area (Å²) in [5, 5.41) is 2.80. The van der Waals surface area contributed by atoms with Crippen LogP contribution in [0, 0.1) is 5.92 Å². The van der Waals surface area contributed by atoms with E-state index in [1.54, 1.807) is 18.7 Å². The van der Waals surface area contributed by atoms with Crippen molar-refractivity contribution in [3.8, 4) is 0 Å². The summed E-state index contributed by atoms with van der Waals surface area (Å²) in [5.74, 6) is 0.0346. The predicted molar refractivity (Wildman–Crippen MR) is 71.4 cm³/mol. The monoisotopic (exact) mass is 275 g/mol. The molecular weight excluding hydrogens is 254 g/mol. The number of amides is 2. The Labute approximate surface area is 114 Å². The van der Waals surface area contributed by atoms with Crippen molar-refractivity contribution in [3.63, 3.8) is 0 Å². The van der Waals surface area contributed by atoms with E-state index in [1.807, 2.05) is 0 Å². The van der Waals surface area contributed by atoms with Gasteiger partial charge in [-0.3, -0.25) is 9.59 Å². The Morgan fingerprint density at radius 1 is 1.44 bits per heavy atom. The Hall–Kier alpha value is -0.810. The number of hydrogen-bond donors (Lipinski definition) is 2. The van der Waals surface area contributed by atoms with Crippen LogP contribution in [-0.4, -0.2) is 41.4 Å². The number of nitrogens with two attached hydrogens (primary N) is 1. The van der Waals surface area contributed by atoms with Gasteiger partial charge in [0.2, 0.25) is 11.8 Å². The van der Waals surface area contributed by atoms with Gasteiger partial charge in [0.05, 0.1) is 0 Å². The molecule has 2 unspecified atom stereocenters. The molecule has 2 amide bonds. The van der Waals surface area contributed by atoms with Crippen LogP contribution in [0.25, 0.3) is 0 Å². The van der Waals surface area contributed by atoms with Gasteiger partial charge in [-0.05, 0) is 33.1 Å². The summed E-state index contributed by atoms with van der Waals surface area (Å²) >= 11 is 0. The van der Waals surface area contributed by atoms with Crippen LogP contribution in [0.1, 0.15) is 33.1 Å². The minimum absolute atomic E-state index is 0. The van der Waals surface area contributed by atoms with Gasteiger partial charge in [-0.2, -0.15) is 0 Å². The molecule has 1 saturated carbocycles. The van der Waals surface area contributed by atoms with E-state index in [0.29, 0.717) is 13.1 Å². The lowest BCUT2D eigenvalue weighted by Crippen LogP contribution is -2.64. The molecule has 18 heavy (non-hydrogen) atoms. The smallest absolute Gasteiger partial charge is 0.245 e. The molecule has 1 aliphatic heterocycles. The number of rotatable bonds is 1. The average Bonchev–Trinajstić information content (AvgIpc) is 2.68. The average molecular weight is 276 g/mol. The Bertz CT molecular complexity index is 346. The first kappa shape index (κ1) is 15.2. The van der Waals surface area contributed by atoms with E-state index < -0.39 is 5.54 Å². The van der Waals surface area contributed by atoms with Crippen LogP contribution in [-0.2, 0) is 9.59 Å². The van der Waals surface area contributed by atoms with Crippen LogP contribution in [0.3, 0.4) is 0 Å². The summed E-state index contributed by atoms with van der Waals surface area (Å²) < 4.78 is 0. The fourth-order valence-electron chi connectivity index (χ4n) is 2.75. The van der Waals surface area contributed by atoms with Crippen molar-refractivity contribution in [2.45, 2.75) is 44.7 Å². The third-order valence-electron chi connectivity index (χ3n) is 3.94. The number of nitrogens with zero attached hydrogens (tertiary/aromatic N) is 1. The van der Waals surface area contributed by atoms with Gasteiger partial charge < -0.3 is 16.0 Å². The molecule has 5 nitrogen and oxygen atoms in total. The highest BCUT2D eigenvalue weighted by atomic mass is 35.5. The first-order chi connectivity index (χ1) is 7.93. The van der Waals surface area contributed by atoms with Gasteiger partial charge in [0.25, 0.3) is 0 Å². The number of piperazine rings is 1. The van der Waals surface area contributed by atoms with Gasteiger partial charge in [0.15, 0.2) is 0 Å². The number of halogens is 1. The van der Waals surface area contributed by atoms with Crippen LogP contribution in [0.4, 0.5) is 0 Å². The van der Waals surface area contributed by atoms with Gasteiger partial charge in [0.1, 0.15) is 5.54 Å². The summed E-state index contributed by atoms with van der Waals surface area (Å²) in [7, 11) is 0. The van der Waals surface area contributed by atoms with E-state index in [9.17, 15) is 9.59 Å². The molecule has 0 aromatic heterocycles. The molecule has 6 heteroatoms. The van der Waals surface area contributed by atoms with Crippen LogP contribution in [0.2, 0.25) is 0 Å². The molecule has 0 aromatic carbocycles. The van der Waals surface area contributed by atoms with Gasteiger partial charge in [-0.15, -0.1) is 12.4 Å². The highest BCUT2D eigenvalue weighted by molar-refractivity contribution is 5.92. The van der Waals surface area contributed by atoms with Gasteiger partial charge >= 0.3 is 0 Å². The van der Waals surface area contributed by atoms with E-state index in [2.05, 4.69) is 5.32 Å².